The summed E-state index contributed by atoms with van der Waals surface area (Å²) in [5.41, 5.74) is 1.40. The fourth-order valence-electron chi connectivity index (χ4n) is 1.58. The molecule has 0 spiro atoms. The van der Waals surface area contributed by atoms with Crippen molar-refractivity contribution < 1.29 is 9.90 Å². The smallest absolute Gasteiger partial charge is 0.151 e. The second-order valence-corrected chi connectivity index (χ2v) is 2.77. The fourth-order valence-corrected chi connectivity index (χ4v) is 1.58. The van der Waals surface area contributed by atoms with Crippen molar-refractivity contribution in [1.29, 1.82) is 0 Å². The summed E-state index contributed by atoms with van der Waals surface area (Å²) in [5.74, 6) is 0. The number of hydrogen-bond acceptors (Lipinski definition) is 2. The lowest BCUT2D eigenvalue weighted by molar-refractivity contribution is 0.111. The van der Waals surface area contributed by atoms with Gasteiger partial charge in [-0.2, -0.15) is 0 Å². The summed E-state index contributed by atoms with van der Waals surface area (Å²) in [6, 6.07) is 1.74. The number of hydrogen-bond donors (Lipinski definition) is 1. The highest BCUT2D eigenvalue weighted by atomic mass is 16.3. The van der Waals surface area contributed by atoms with Crippen molar-refractivity contribution in [3.8, 4) is 0 Å². The Bertz CT molecular complexity index is 290. The first-order chi connectivity index (χ1) is 5.33. The number of fused-ring (bicyclic) bond motifs is 1. The molecule has 0 saturated heterocycles. The second kappa shape index (κ2) is 2.20. The largest absolute Gasteiger partial charge is 0.387 e. The van der Waals surface area contributed by atoms with Gasteiger partial charge in [-0.25, -0.2) is 0 Å². The molecular weight excluding hydrogens is 142 g/mol. The number of carbonyl (C=O) groups is 1. The first-order valence-corrected chi connectivity index (χ1v) is 3.65. The molecule has 11 heavy (non-hydrogen) atoms. The van der Waals surface area contributed by atoms with Gasteiger partial charge in [-0.3, -0.25) is 4.79 Å². The van der Waals surface area contributed by atoms with Gasteiger partial charge in [0.2, 0.25) is 0 Å². The summed E-state index contributed by atoms with van der Waals surface area (Å²) in [6.07, 6.45) is 2.93. The maximum Gasteiger partial charge on any atom is 0.151 e. The van der Waals surface area contributed by atoms with Gasteiger partial charge in [0.25, 0.3) is 0 Å². The van der Waals surface area contributed by atoms with E-state index in [0.29, 0.717) is 5.56 Å². The lowest BCUT2D eigenvalue weighted by Gasteiger charge is -1.99. The van der Waals surface area contributed by atoms with Gasteiger partial charge in [-0.1, -0.05) is 0 Å². The van der Waals surface area contributed by atoms with E-state index in [1.807, 2.05) is 10.8 Å². The predicted molar refractivity (Wildman–Crippen MR) is 39.4 cm³/mol. The summed E-state index contributed by atoms with van der Waals surface area (Å²) in [7, 11) is 0. The molecule has 0 saturated carbocycles. The third-order valence-corrected chi connectivity index (χ3v) is 2.13. The van der Waals surface area contributed by atoms with Gasteiger partial charge in [0, 0.05) is 18.3 Å². The number of aliphatic hydroxyl groups is 1. The van der Waals surface area contributed by atoms with Crippen LogP contribution in [0, 0.1) is 0 Å². The Morgan fingerprint density at radius 3 is 3.27 bits per heavy atom. The molecule has 0 aliphatic carbocycles. The molecule has 1 atom stereocenters. The highest BCUT2D eigenvalue weighted by Gasteiger charge is 2.22. The molecule has 3 heteroatoms. The van der Waals surface area contributed by atoms with E-state index in [1.165, 1.54) is 0 Å². The SMILES string of the molecule is O=Cc1ccn2c1[C@@H](O)CC2. The van der Waals surface area contributed by atoms with Gasteiger partial charge in [0.05, 0.1) is 11.8 Å². The average molecular weight is 151 g/mol. The van der Waals surface area contributed by atoms with E-state index in [-0.39, 0.29) is 0 Å². The average Bonchev–Trinajstić information content (AvgIpc) is 2.54. The highest BCUT2D eigenvalue weighted by Crippen LogP contribution is 2.28. The molecule has 3 nitrogen and oxygen atoms in total. The number of aromatic nitrogens is 1. The van der Waals surface area contributed by atoms with Gasteiger partial charge < -0.3 is 9.67 Å². The zero-order valence-corrected chi connectivity index (χ0v) is 6.03. The Hall–Kier alpha value is -1.09. The summed E-state index contributed by atoms with van der Waals surface area (Å²) >= 11 is 0. The van der Waals surface area contributed by atoms with E-state index in [4.69, 9.17) is 0 Å². The lowest BCUT2D eigenvalue weighted by atomic mass is 10.1. The summed E-state index contributed by atoms with van der Waals surface area (Å²) in [6.45, 7) is 0.824. The maximum atomic E-state index is 10.4. The van der Waals surface area contributed by atoms with Crippen LogP contribution >= 0.6 is 0 Å². The Morgan fingerprint density at radius 1 is 1.73 bits per heavy atom. The quantitative estimate of drug-likeness (QED) is 0.601. The number of nitrogens with zero attached hydrogens (tertiary/aromatic N) is 1. The number of aryl methyl sites for hydroxylation is 1. The van der Waals surface area contributed by atoms with Crippen LogP contribution in [0.5, 0.6) is 0 Å². The molecule has 1 aromatic rings. The molecule has 1 aliphatic heterocycles. The van der Waals surface area contributed by atoms with Crippen LogP contribution in [-0.2, 0) is 6.54 Å². The molecule has 0 bridgehead atoms. The summed E-state index contributed by atoms with van der Waals surface area (Å²) in [4.78, 5) is 10.4. The normalized spacial score (nSPS) is 21.7. The topological polar surface area (TPSA) is 42.2 Å². The van der Waals surface area contributed by atoms with Crippen molar-refractivity contribution in [3.63, 3.8) is 0 Å². The van der Waals surface area contributed by atoms with Crippen LogP contribution in [0.2, 0.25) is 0 Å². The zero-order valence-electron chi connectivity index (χ0n) is 6.03. The van der Waals surface area contributed by atoms with E-state index >= 15 is 0 Å². The Kier molecular flexibility index (Phi) is 1.32. The molecule has 58 valence electrons. The van der Waals surface area contributed by atoms with Crippen LogP contribution in [-0.4, -0.2) is 16.0 Å². The Balaban J connectivity index is 2.54. The van der Waals surface area contributed by atoms with Crippen LogP contribution in [0.4, 0.5) is 0 Å². The van der Waals surface area contributed by atoms with Crippen LogP contribution < -0.4 is 0 Å². The van der Waals surface area contributed by atoms with Crippen LogP contribution in [0.15, 0.2) is 12.3 Å². The van der Waals surface area contributed by atoms with E-state index in [1.54, 1.807) is 6.07 Å². The van der Waals surface area contributed by atoms with E-state index < -0.39 is 6.10 Å². The second-order valence-electron chi connectivity index (χ2n) is 2.77. The summed E-state index contributed by atoms with van der Waals surface area (Å²) < 4.78 is 1.92. The molecule has 0 unspecified atom stereocenters. The van der Waals surface area contributed by atoms with E-state index in [9.17, 15) is 9.90 Å². The molecule has 0 aromatic carbocycles. The van der Waals surface area contributed by atoms with Crippen molar-refractivity contribution in [2.45, 2.75) is 19.1 Å². The maximum absolute atomic E-state index is 10.4. The minimum atomic E-state index is -0.440. The molecule has 1 aromatic heterocycles. The van der Waals surface area contributed by atoms with Gasteiger partial charge >= 0.3 is 0 Å². The third-order valence-electron chi connectivity index (χ3n) is 2.13. The zero-order chi connectivity index (χ0) is 7.84. The van der Waals surface area contributed by atoms with E-state index in [0.717, 1.165) is 24.9 Å². The molecule has 0 amide bonds. The minimum absolute atomic E-state index is 0.440. The Morgan fingerprint density at radius 2 is 2.55 bits per heavy atom. The van der Waals surface area contributed by atoms with Crippen molar-refractivity contribution in [3.05, 3.63) is 23.5 Å². The highest BCUT2D eigenvalue weighted by molar-refractivity contribution is 5.77. The number of aliphatic hydroxyl groups excluding tert-OH is 1. The van der Waals surface area contributed by atoms with E-state index in [2.05, 4.69) is 0 Å². The predicted octanol–water partition coefficient (Wildman–Crippen LogP) is 0.738. The van der Waals surface area contributed by atoms with Gasteiger partial charge in [0.1, 0.15) is 0 Å². The van der Waals surface area contributed by atoms with Gasteiger partial charge in [-0.15, -0.1) is 0 Å². The molecule has 1 N–H and O–H groups in total. The van der Waals surface area contributed by atoms with Gasteiger partial charge in [-0.05, 0) is 12.5 Å². The summed E-state index contributed by atoms with van der Waals surface area (Å²) in [5, 5.41) is 9.40. The van der Waals surface area contributed by atoms with Crippen molar-refractivity contribution in [1.82, 2.24) is 4.57 Å². The van der Waals surface area contributed by atoms with Crippen LogP contribution in [0.3, 0.4) is 0 Å². The lowest BCUT2D eigenvalue weighted by Crippen LogP contribution is -1.95. The number of aldehydes is 1. The molecule has 2 heterocycles. The van der Waals surface area contributed by atoms with Crippen molar-refractivity contribution in [2.75, 3.05) is 0 Å². The van der Waals surface area contributed by atoms with Crippen molar-refractivity contribution >= 4 is 6.29 Å². The standard InChI is InChI=1S/C8H9NO2/c10-5-6-1-3-9-4-2-7(11)8(6)9/h1,3,5,7,11H,2,4H2/t7-/m0/s1. The van der Waals surface area contributed by atoms with Gasteiger partial charge in [0.15, 0.2) is 6.29 Å². The van der Waals surface area contributed by atoms with Crippen LogP contribution in [0.1, 0.15) is 28.6 Å². The molecular formula is C8H9NO2. The minimum Gasteiger partial charge on any atom is -0.387 e. The fraction of sp³-hybridized carbons (Fsp3) is 0.375. The monoisotopic (exact) mass is 151 g/mol. The molecule has 0 radical (unpaired) electrons. The third kappa shape index (κ3) is 0.811. The van der Waals surface area contributed by atoms with Crippen LogP contribution in [0.25, 0.3) is 0 Å². The molecule has 1 aliphatic rings. The Labute approximate surface area is 64.3 Å². The number of rotatable bonds is 1. The number of carbonyl (C=O) groups excluding carboxylic acids is 1. The first-order valence-electron chi connectivity index (χ1n) is 3.65. The first kappa shape index (κ1) is 6.61. The molecule has 0 fully saturated rings. The van der Waals surface area contributed by atoms with Crippen molar-refractivity contribution in [2.24, 2.45) is 0 Å². The molecule has 2 rings (SSSR count).